The molecule has 0 aromatic heterocycles. The summed E-state index contributed by atoms with van der Waals surface area (Å²) in [6.45, 7) is 3.15. The van der Waals surface area contributed by atoms with Crippen molar-refractivity contribution in [3.05, 3.63) is 71.8 Å². The van der Waals surface area contributed by atoms with Crippen LogP contribution in [-0.4, -0.2) is 54.2 Å². The highest BCUT2D eigenvalue weighted by Crippen LogP contribution is 2.43. The van der Waals surface area contributed by atoms with Crippen molar-refractivity contribution < 1.29 is 23.7 Å². The van der Waals surface area contributed by atoms with Crippen LogP contribution in [0.5, 0.6) is 0 Å². The molecule has 4 rings (SSSR count). The molecular formula is C22H22N2O5S. The molecular weight excluding hydrogens is 404 g/mol. The molecule has 0 radical (unpaired) electrons. The van der Waals surface area contributed by atoms with Crippen molar-refractivity contribution in [2.24, 2.45) is 0 Å². The van der Waals surface area contributed by atoms with E-state index in [9.17, 15) is 23.7 Å². The fourth-order valence-electron chi connectivity index (χ4n) is 4.32. The van der Waals surface area contributed by atoms with Crippen molar-refractivity contribution in [1.29, 1.82) is 0 Å². The zero-order chi connectivity index (χ0) is 21.6. The maximum atomic E-state index is 13.3. The van der Waals surface area contributed by atoms with Crippen LogP contribution in [0.3, 0.4) is 0 Å². The van der Waals surface area contributed by atoms with Crippen LogP contribution in [-0.2, 0) is 25.2 Å². The number of aliphatic carboxylic acids is 1. The number of hydrogen-bond acceptors (Lipinski definition) is 4. The van der Waals surface area contributed by atoms with Gasteiger partial charge in [0.05, 0.1) is 21.5 Å². The van der Waals surface area contributed by atoms with Crippen LogP contribution in [0.1, 0.15) is 30.9 Å². The molecule has 0 bridgehead atoms. The molecule has 0 spiro atoms. The van der Waals surface area contributed by atoms with Gasteiger partial charge in [0.1, 0.15) is 17.5 Å². The Bertz CT molecular complexity index is 985. The van der Waals surface area contributed by atoms with E-state index in [1.165, 1.54) is 0 Å². The highest BCUT2D eigenvalue weighted by atomic mass is 32.2. The summed E-state index contributed by atoms with van der Waals surface area (Å²) in [4.78, 5) is 38.8. The number of carboxylic acid groups (broad SMARTS) is 1. The Morgan fingerprint density at radius 1 is 1.03 bits per heavy atom. The SMILES string of the molecule is CC1(C)[C@@H](C(=O)O)N2C(=O)[C@@H](NC(=O)C(c3ccccc3)c3ccccc3)[C@H]2[S@@]1=O. The topological polar surface area (TPSA) is 104 Å². The van der Waals surface area contributed by atoms with Gasteiger partial charge in [0.15, 0.2) is 0 Å². The average Bonchev–Trinajstić information content (AvgIpc) is 2.92. The van der Waals surface area contributed by atoms with Gasteiger partial charge in [-0.25, -0.2) is 4.79 Å². The minimum absolute atomic E-state index is 0.390. The number of benzene rings is 2. The second-order valence-corrected chi connectivity index (χ2v) is 10.1. The molecule has 2 heterocycles. The number of hydrogen-bond donors (Lipinski definition) is 2. The van der Waals surface area contributed by atoms with Crippen molar-refractivity contribution in [2.75, 3.05) is 0 Å². The maximum absolute atomic E-state index is 13.3. The number of nitrogens with one attached hydrogen (secondary N) is 1. The van der Waals surface area contributed by atoms with E-state index in [1.807, 2.05) is 60.7 Å². The molecule has 0 unspecified atom stereocenters. The first kappa shape index (κ1) is 20.3. The quantitative estimate of drug-likeness (QED) is 0.705. The van der Waals surface area contributed by atoms with Gasteiger partial charge in [-0.2, -0.15) is 0 Å². The summed E-state index contributed by atoms with van der Waals surface area (Å²) in [5, 5.41) is 11.4. The molecule has 2 aliphatic rings. The highest BCUT2D eigenvalue weighted by molar-refractivity contribution is 7.87. The number of amides is 2. The minimum Gasteiger partial charge on any atom is -0.480 e. The van der Waals surface area contributed by atoms with E-state index >= 15 is 0 Å². The lowest BCUT2D eigenvalue weighted by Gasteiger charge is -2.43. The second kappa shape index (κ2) is 7.36. The molecule has 8 heteroatoms. The molecule has 2 aliphatic heterocycles. The van der Waals surface area contributed by atoms with E-state index in [-0.39, 0.29) is 5.91 Å². The minimum atomic E-state index is -1.63. The molecule has 2 aromatic rings. The summed E-state index contributed by atoms with van der Waals surface area (Å²) in [6, 6.07) is 16.2. The Kier molecular flexibility index (Phi) is 4.97. The molecule has 2 N–H and O–H groups in total. The van der Waals surface area contributed by atoms with Gasteiger partial charge in [0.2, 0.25) is 11.8 Å². The smallest absolute Gasteiger partial charge is 0.328 e. The summed E-state index contributed by atoms with van der Waals surface area (Å²) in [7, 11) is -1.63. The molecule has 2 saturated heterocycles. The number of nitrogens with zero attached hydrogens (tertiary/aromatic N) is 1. The summed E-state index contributed by atoms with van der Waals surface area (Å²) >= 11 is 0. The first-order valence-electron chi connectivity index (χ1n) is 9.61. The normalized spacial score (nSPS) is 26.8. The van der Waals surface area contributed by atoms with Crippen molar-refractivity contribution in [3.8, 4) is 0 Å². The Labute approximate surface area is 176 Å². The number of carbonyl (C=O) groups excluding carboxylic acids is 2. The molecule has 156 valence electrons. The Hall–Kier alpha value is -3.00. The molecule has 30 heavy (non-hydrogen) atoms. The van der Waals surface area contributed by atoms with E-state index in [0.717, 1.165) is 16.0 Å². The lowest BCUT2D eigenvalue weighted by molar-refractivity contribution is -0.161. The molecule has 2 fully saturated rings. The van der Waals surface area contributed by atoms with E-state index in [4.69, 9.17) is 0 Å². The number of fused-ring (bicyclic) bond motifs is 1. The van der Waals surface area contributed by atoms with Crippen LogP contribution in [0.15, 0.2) is 60.7 Å². The van der Waals surface area contributed by atoms with Gasteiger partial charge in [0.25, 0.3) is 0 Å². The molecule has 7 nitrogen and oxygen atoms in total. The summed E-state index contributed by atoms with van der Waals surface area (Å²) in [5.41, 5.74) is 1.53. The van der Waals surface area contributed by atoms with Crippen molar-refractivity contribution in [2.45, 2.75) is 42.0 Å². The monoisotopic (exact) mass is 426 g/mol. The highest BCUT2D eigenvalue weighted by Gasteiger charge is 2.68. The number of carbonyl (C=O) groups is 3. The van der Waals surface area contributed by atoms with Gasteiger partial charge in [-0.3, -0.25) is 13.8 Å². The predicted molar refractivity (Wildman–Crippen MR) is 111 cm³/mol. The Morgan fingerprint density at radius 3 is 2.00 bits per heavy atom. The van der Waals surface area contributed by atoms with Crippen LogP contribution in [0.4, 0.5) is 0 Å². The zero-order valence-corrected chi connectivity index (χ0v) is 17.3. The van der Waals surface area contributed by atoms with Crippen LogP contribution in [0, 0.1) is 0 Å². The van der Waals surface area contributed by atoms with Gasteiger partial charge < -0.3 is 15.3 Å². The largest absolute Gasteiger partial charge is 0.480 e. The number of carboxylic acids is 1. The summed E-state index contributed by atoms with van der Waals surface area (Å²) in [5.74, 6) is -2.74. The molecule has 0 aliphatic carbocycles. The summed E-state index contributed by atoms with van der Waals surface area (Å²) < 4.78 is 11.8. The third-order valence-electron chi connectivity index (χ3n) is 5.81. The van der Waals surface area contributed by atoms with Gasteiger partial charge >= 0.3 is 5.97 Å². The fraction of sp³-hybridized carbons (Fsp3) is 0.318. The van der Waals surface area contributed by atoms with Crippen molar-refractivity contribution >= 4 is 28.6 Å². The maximum Gasteiger partial charge on any atom is 0.328 e. The predicted octanol–water partition coefficient (Wildman–Crippen LogP) is 1.47. The van der Waals surface area contributed by atoms with Crippen LogP contribution in [0.25, 0.3) is 0 Å². The lowest BCUT2D eigenvalue weighted by Crippen LogP contribution is -2.71. The third kappa shape index (κ3) is 3.02. The summed E-state index contributed by atoms with van der Waals surface area (Å²) in [6.07, 6.45) is 0. The van der Waals surface area contributed by atoms with Crippen LogP contribution < -0.4 is 5.32 Å². The third-order valence-corrected chi connectivity index (χ3v) is 8.01. The van der Waals surface area contributed by atoms with E-state index in [1.54, 1.807) is 13.8 Å². The number of β-lactam (4-membered cyclic amide) rings is 1. The second-order valence-electron chi connectivity index (χ2n) is 8.02. The lowest BCUT2D eigenvalue weighted by atomic mass is 9.89. The van der Waals surface area contributed by atoms with E-state index in [0.29, 0.717) is 0 Å². The van der Waals surface area contributed by atoms with Gasteiger partial charge in [-0.05, 0) is 25.0 Å². The van der Waals surface area contributed by atoms with Gasteiger partial charge in [-0.1, -0.05) is 60.7 Å². The molecule has 2 amide bonds. The average molecular weight is 426 g/mol. The number of rotatable bonds is 5. The van der Waals surface area contributed by atoms with Crippen LogP contribution in [0.2, 0.25) is 0 Å². The zero-order valence-electron chi connectivity index (χ0n) is 16.5. The Morgan fingerprint density at radius 2 is 1.53 bits per heavy atom. The first-order chi connectivity index (χ1) is 14.2. The fourth-order valence-corrected chi connectivity index (χ4v) is 6.24. The van der Waals surface area contributed by atoms with Crippen LogP contribution >= 0.6 is 0 Å². The molecule has 0 saturated carbocycles. The van der Waals surface area contributed by atoms with Crippen molar-refractivity contribution in [1.82, 2.24) is 10.2 Å². The Balaban J connectivity index is 1.62. The van der Waals surface area contributed by atoms with Crippen molar-refractivity contribution in [3.63, 3.8) is 0 Å². The van der Waals surface area contributed by atoms with E-state index in [2.05, 4.69) is 5.32 Å². The van der Waals surface area contributed by atoms with Gasteiger partial charge in [-0.15, -0.1) is 0 Å². The molecule has 2 aromatic carbocycles. The van der Waals surface area contributed by atoms with E-state index < -0.39 is 50.8 Å². The van der Waals surface area contributed by atoms with Gasteiger partial charge in [0, 0.05) is 0 Å². The molecule has 4 atom stereocenters. The first-order valence-corrected chi connectivity index (χ1v) is 10.8. The standard InChI is InChI=1S/C22H22N2O5S/c1-22(2)17(21(27)28)24-19(26)16(20(24)30(22)29)23-18(25)15(13-9-5-3-6-10-13)14-11-7-4-8-12-14/h3-12,15-17,20H,1-2H3,(H,23,25)(H,27,28)/t16-,17-,20-,30+/m1/s1.